The maximum absolute atomic E-state index is 13.3. The van der Waals surface area contributed by atoms with Gasteiger partial charge in [-0.25, -0.2) is 18.7 Å². The highest BCUT2D eigenvalue weighted by Gasteiger charge is 2.08. The van der Waals surface area contributed by atoms with Gasteiger partial charge in [0.15, 0.2) is 11.6 Å². The van der Waals surface area contributed by atoms with Crippen LogP contribution in [0, 0.1) is 11.6 Å². The van der Waals surface area contributed by atoms with Crippen LogP contribution in [0.2, 0.25) is 5.28 Å². The molecule has 1 aromatic carbocycles. The zero-order chi connectivity index (χ0) is 11.5. The molecular weight excluding hydrogens is 236 g/mol. The summed E-state index contributed by atoms with van der Waals surface area (Å²) in [5.41, 5.74) is -0.00485. The van der Waals surface area contributed by atoms with Crippen molar-refractivity contribution in [3.63, 3.8) is 0 Å². The Hall–Kier alpha value is -1.75. The smallest absolute Gasteiger partial charge is 0.224 e. The molecule has 0 unspecified atom stereocenters. The van der Waals surface area contributed by atoms with E-state index >= 15 is 0 Å². The molecule has 0 aliphatic carbocycles. The van der Waals surface area contributed by atoms with Gasteiger partial charge in [0.2, 0.25) is 5.28 Å². The Morgan fingerprint density at radius 2 is 2.00 bits per heavy atom. The van der Waals surface area contributed by atoms with E-state index in [9.17, 15) is 8.78 Å². The summed E-state index contributed by atoms with van der Waals surface area (Å²) in [6, 6.07) is 5.32. The fourth-order valence-corrected chi connectivity index (χ4v) is 1.29. The molecule has 2 rings (SSSR count). The second kappa shape index (κ2) is 4.40. The third kappa shape index (κ3) is 2.25. The molecule has 1 aromatic heterocycles. The molecule has 0 radical (unpaired) electrons. The van der Waals surface area contributed by atoms with Gasteiger partial charge >= 0.3 is 0 Å². The van der Waals surface area contributed by atoms with E-state index in [1.807, 2.05) is 0 Å². The van der Waals surface area contributed by atoms with Crippen molar-refractivity contribution in [1.82, 2.24) is 9.97 Å². The van der Waals surface area contributed by atoms with Gasteiger partial charge in [-0.15, -0.1) is 0 Å². The van der Waals surface area contributed by atoms with E-state index in [-0.39, 0.29) is 11.0 Å². The van der Waals surface area contributed by atoms with E-state index in [1.165, 1.54) is 24.4 Å². The van der Waals surface area contributed by atoms with Crippen LogP contribution in [0.4, 0.5) is 20.3 Å². The summed E-state index contributed by atoms with van der Waals surface area (Å²) in [6.45, 7) is 0. The average Bonchev–Trinajstić information content (AvgIpc) is 2.25. The molecule has 0 saturated carbocycles. The third-order valence-electron chi connectivity index (χ3n) is 1.84. The summed E-state index contributed by atoms with van der Waals surface area (Å²) in [5, 5.41) is 2.63. The molecule has 1 N–H and O–H groups in total. The first-order valence-corrected chi connectivity index (χ1v) is 4.74. The van der Waals surface area contributed by atoms with Crippen LogP contribution >= 0.6 is 11.6 Å². The Morgan fingerprint density at radius 3 is 2.75 bits per heavy atom. The van der Waals surface area contributed by atoms with Crippen molar-refractivity contribution < 1.29 is 8.78 Å². The van der Waals surface area contributed by atoms with Crippen LogP contribution in [0.25, 0.3) is 0 Å². The number of nitrogens with one attached hydrogen (secondary N) is 1. The summed E-state index contributed by atoms with van der Waals surface area (Å²) < 4.78 is 26.2. The first kappa shape index (κ1) is 10.8. The lowest BCUT2D eigenvalue weighted by Crippen LogP contribution is -1.98. The van der Waals surface area contributed by atoms with E-state index in [0.717, 1.165) is 6.07 Å². The Kier molecular flexibility index (Phi) is 2.96. The molecule has 3 nitrogen and oxygen atoms in total. The van der Waals surface area contributed by atoms with E-state index in [4.69, 9.17) is 11.6 Å². The molecule has 0 aliphatic rings. The first-order chi connectivity index (χ1) is 7.66. The summed E-state index contributed by atoms with van der Waals surface area (Å²) >= 11 is 5.55. The molecule has 16 heavy (non-hydrogen) atoms. The molecule has 0 atom stereocenters. The minimum atomic E-state index is -0.961. The Balaban J connectivity index is 2.31. The zero-order valence-electron chi connectivity index (χ0n) is 7.92. The molecule has 0 spiro atoms. The third-order valence-corrected chi connectivity index (χ3v) is 2.02. The molecule has 0 fully saturated rings. The summed E-state index contributed by atoms with van der Waals surface area (Å²) in [7, 11) is 0. The number of halogens is 3. The molecule has 0 amide bonds. The van der Waals surface area contributed by atoms with Crippen molar-refractivity contribution >= 4 is 23.1 Å². The number of aromatic nitrogens is 2. The molecule has 1 heterocycles. The first-order valence-electron chi connectivity index (χ1n) is 4.36. The molecule has 0 aliphatic heterocycles. The van der Waals surface area contributed by atoms with Crippen LogP contribution < -0.4 is 5.32 Å². The SMILES string of the molecule is Fc1cccc(Nc2ccnc(Cl)n2)c1F. The van der Waals surface area contributed by atoms with Crippen molar-refractivity contribution in [2.45, 2.75) is 0 Å². The van der Waals surface area contributed by atoms with Crippen molar-refractivity contribution in [2.75, 3.05) is 5.32 Å². The Bertz CT molecular complexity index is 519. The number of anilines is 2. The standard InChI is InChI=1S/C10H6ClF2N3/c11-10-14-5-4-8(16-10)15-7-3-1-2-6(12)9(7)13/h1-5H,(H,14,15,16). The summed E-state index contributed by atoms with van der Waals surface area (Å²) in [4.78, 5) is 7.46. The zero-order valence-corrected chi connectivity index (χ0v) is 8.67. The van der Waals surface area contributed by atoms with Crippen molar-refractivity contribution in [1.29, 1.82) is 0 Å². The quantitative estimate of drug-likeness (QED) is 0.821. The maximum Gasteiger partial charge on any atom is 0.224 e. The monoisotopic (exact) mass is 241 g/mol. The molecule has 0 bridgehead atoms. The van der Waals surface area contributed by atoms with Crippen LogP contribution in [0.5, 0.6) is 0 Å². The minimum absolute atomic E-state index is 0.00485. The van der Waals surface area contributed by atoms with Gasteiger partial charge in [-0.2, -0.15) is 0 Å². The normalized spacial score (nSPS) is 10.2. The molecule has 6 heteroatoms. The van der Waals surface area contributed by atoms with Crippen molar-refractivity contribution in [3.8, 4) is 0 Å². The van der Waals surface area contributed by atoms with Gasteiger partial charge in [-0.1, -0.05) is 6.07 Å². The summed E-state index contributed by atoms with van der Waals surface area (Å²) in [6.07, 6.45) is 1.41. The highest BCUT2D eigenvalue weighted by atomic mass is 35.5. The van der Waals surface area contributed by atoms with Gasteiger partial charge in [0, 0.05) is 6.20 Å². The highest BCUT2D eigenvalue weighted by molar-refractivity contribution is 6.28. The van der Waals surface area contributed by atoms with E-state index in [1.54, 1.807) is 0 Å². The van der Waals surface area contributed by atoms with E-state index < -0.39 is 11.6 Å². The number of hydrogen-bond donors (Lipinski definition) is 1. The van der Waals surface area contributed by atoms with Crippen molar-refractivity contribution in [3.05, 3.63) is 47.4 Å². The Morgan fingerprint density at radius 1 is 1.19 bits per heavy atom. The fourth-order valence-electron chi connectivity index (χ4n) is 1.14. The van der Waals surface area contributed by atoms with Crippen LogP contribution in [0.1, 0.15) is 0 Å². The molecule has 82 valence electrons. The van der Waals surface area contributed by atoms with Crippen LogP contribution in [0.3, 0.4) is 0 Å². The van der Waals surface area contributed by atoms with E-state index in [2.05, 4.69) is 15.3 Å². The van der Waals surface area contributed by atoms with Gasteiger partial charge in [-0.05, 0) is 29.8 Å². The lowest BCUT2D eigenvalue weighted by Gasteiger charge is -2.06. The van der Waals surface area contributed by atoms with Gasteiger partial charge in [0.1, 0.15) is 5.82 Å². The molecule has 0 saturated heterocycles. The molecular formula is C10H6ClF2N3. The Labute approximate surface area is 95.1 Å². The summed E-state index contributed by atoms with van der Waals surface area (Å²) in [5.74, 6) is -1.59. The lowest BCUT2D eigenvalue weighted by atomic mass is 10.3. The number of rotatable bonds is 2. The van der Waals surface area contributed by atoms with Gasteiger partial charge in [-0.3, -0.25) is 0 Å². The van der Waals surface area contributed by atoms with Crippen LogP contribution in [0.15, 0.2) is 30.5 Å². The van der Waals surface area contributed by atoms with Crippen LogP contribution in [-0.2, 0) is 0 Å². The van der Waals surface area contributed by atoms with Crippen LogP contribution in [-0.4, -0.2) is 9.97 Å². The average molecular weight is 242 g/mol. The fraction of sp³-hybridized carbons (Fsp3) is 0. The predicted octanol–water partition coefficient (Wildman–Crippen LogP) is 3.15. The largest absolute Gasteiger partial charge is 0.338 e. The predicted molar refractivity (Wildman–Crippen MR) is 56.7 cm³/mol. The number of nitrogens with zero attached hydrogens (tertiary/aromatic N) is 2. The van der Waals surface area contributed by atoms with Crippen molar-refractivity contribution in [2.24, 2.45) is 0 Å². The number of hydrogen-bond acceptors (Lipinski definition) is 3. The minimum Gasteiger partial charge on any atom is -0.338 e. The second-order valence-electron chi connectivity index (χ2n) is 2.94. The van der Waals surface area contributed by atoms with E-state index in [0.29, 0.717) is 5.82 Å². The van der Waals surface area contributed by atoms with Gasteiger partial charge < -0.3 is 5.32 Å². The lowest BCUT2D eigenvalue weighted by molar-refractivity contribution is 0.511. The molecule has 2 aromatic rings. The van der Waals surface area contributed by atoms with Gasteiger partial charge in [0.05, 0.1) is 5.69 Å². The second-order valence-corrected chi connectivity index (χ2v) is 3.28. The van der Waals surface area contributed by atoms with Gasteiger partial charge in [0.25, 0.3) is 0 Å². The number of benzene rings is 1. The topological polar surface area (TPSA) is 37.8 Å². The maximum atomic E-state index is 13.3. The highest BCUT2D eigenvalue weighted by Crippen LogP contribution is 2.20.